The normalized spacial score (nSPS) is 19.1. The molecule has 27 heavy (non-hydrogen) atoms. The number of carbonyl (C=O) groups is 2. The van der Waals surface area contributed by atoms with Gasteiger partial charge in [0.15, 0.2) is 0 Å². The minimum atomic E-state index is -0.293. The molecule has 0 bridgehead atoms. The van der Waals surface area contributed by atoms with Crippen molar-refractivity contribution in [1.29, 1.82) is 0 Å². The van der Waals surface area contributed by atoms with Gasteiger partial charge >= 0.3 is 5.97 Å². The quantitative estimate of drug-likeness (QED) is 0.683. The molecular formula is C21H25NO4S. The molecule has 1 saturated heterocycles. The SMILES string of the molecule is CCOc1ccc(CCC(=O)N2C[C@H](c3ccsc3)[C@H](C(=O)OC)C2)cc1. The molecule has 0 N–H and O–H groups in total. The van der Waals surface area contributed by atoms with Crippen LogP contribution in [0.2, 0.25) is 0 Å². The predicted molar refractivity (Wildman–Crippen MR) is 105 cm³/mol. The number of likely N-dealkylation sites (tertiary alicyclic amines) is 1. The van der Waals surface area contributed by atoms with Gasteiger partial charge in [-0.2, -0.15) is 11.3 Å². The molecule has 1 fully saturated rings. The lowest BCUT2D eigenvalue weighted by Crippen LogP contribution is -2.30. The van der Waals surface area contributed by atoms with Crippen molar-refractivity contribution >= 4 is 23.2 Å². The average molecular weight is 388 g/mol. The van der Waals surface area contributed by atoms with Crippen molar-refractivity contribution in [2.24, 2.45) is 5.92 Å². The second-order valence-electron chi connectivity index (χ2n) is 6.67. The number of methoxy groups -OCH3 is 1. The third-order valence-electron chi connectivity index (χ3n) is 5.01. The number of ether oxygens (including phenoxy) is 2. The van der Waals surface area contributed by atoms with Gasteiger partial charge in [0.2, 0.25) is 5.91 Å². The molecule has 0 saturated carbocycles. The van der Waals surface area contributed by atoms with Gasteiger partial charge in [0.25, 0.3) is 0 Å². The number of thiophene rings is 1. The second-order valence-corrected chi connectivity index (χ2v) is 7.45. The molecular weight excluding hydrogens is 362 g/mol. The number of carbonyl (C=O) groups excluding carboxylic acids is 2. The van der Waals surface area contributed by atoms with E-state index in [1.54, 1.807) is 16.2 Å². The van der Waals surface area contributed by atoms with Crippen LogP contribution in [-0.4, -0.2) is 43.6 Å². The average Bonchev–Trinajstić information content (AvgIpc) is 3.36. The molecule has 1 aromatic carbocycles. The second kappa shape index (κ2) is 9.04. The molecule has 0 spiro atoms. The minimum Gasteiger partial charge on any atom is -0.494 e. The van der Waals surface area contributed by atoms with Crippen LogP contribution in [0.1, 0.15) is 30.4 Å². The first kappa shape index (κ1) is 19.4. The number of hydrogen-bond donors (Lipinski definition) is 0. The maximum atomic E-state index is 12.7. The highest BCUT2D eigenvalue weighted by Crippen LogP contribution is 2.35. The standard InChI is InChI=1S/C21H25NO4S/c1-3-26-17-7-4-15(5-8-17)6-9-20(23)22-12-18(16-10-11-27-14-16)19(13-22)21(24)25-2/h4-5,7-8,10-11,14,18-19H,3,6,9,12-13H2,1-2H3/t18-,19-/m1/s1. The topological polar surface area (TPSA) is 55.8 Å². The van der Waals surface area contributed by atoms with Crippen molar-refractivity contribution in [3.8, 4) is 5.75 Å². The van der Waals surface area contributed by atoms with Gasteiger partial charge < -0.3 is 14.4 Å². The van der Waals surface area contributed by atoms with Crippen molar-refractivity contribution in [3.63, 3.8) is 0 Å². The Balaban J connectivity index is 1.60. The molecule has 2 atom stereocenters. The zero-order valence-electron chi connectivity index (χ0n) is 15.7. The van der Waals surface area contributed by atoms with Crippen LogP contribution in [0.5, 0.6) is 5.75 Å². The molecule has 144 valence electrons. The maximum absolute atomic E-state index is 12.7. The number of hydrogen-bond acceptors (Lipinski definition) is 5. The number of amides is 1. The highest BCUT2D eigenvalue weighted by atomic mass is 32.1. The third-order valence-corrected chi connectivity index (χ3v) is 5.71. The van der Waals surface area contributed by atoms with E-state index in [2.05, 4.69) is 5.38 Å². The van der Waals surface area contributed by atoms with E-state index < -0.39 is 0 Å². The molecule has 2 aromatic rings. The molecule has 1 amide bonds. The molecule has 1 aliphatic rings. The van der Waals surface area contributed by atoms with Gasteiger partial charge in [-0.3, -0.25) is 9.59 Å². The van der Waals surface area contributed by atoms with E-state index in [9.17, 15) is 9.59 Å². The van der Waals surface area contributed by atoms with E-state index in [1.165, 1.54) is 7.11 Å². The summed E-state index contributed by atoms with van der Waals surface area (Å²) in [5.74, 6) is 0.396. The molecule has 0 unspecified atom stereocenters. The van der Waals surface area contributed by atoms with Crippen LogP contribution < -0.4 is 4.74 Å². The smallest absolute Gasteiger partial charge is 0.311 e. The zero-order chi connectivity index (χ0) is 19.2. The molecule has 1 aliphatic heterocycles. The zero-order valence-corrected chi connectivity index (χ0v) is 16.5. The number of esters is 1. The molecule has 0 radical (unpaired) electrons. The Hall–Kier alpha value is -2.34. The van der Waals surface area contributed by atoms with Crippen LogP contribution in [0, 0.1) is 5.92 Å². The fraction of sp³-hybridized carbons (Fsp3) is 0.429. The third kappa shape index (κ3) is 4.69. The fourth-order valence-electron chi connectivity index (χ4n) is 3.55. The lowest BCUT2D eigenvalue weighted by Gasteiger charge is -2.16. The van der Waals surface area contributed by atoms with Gasteiger partial charge in [0, 0.05) is 25.4 Å². The summed E-state index contributed by atoms with van der Waals surface area (Å²) in [5, 5.41) is 4.05. The summed E-state index contributed by atoms with van der Waals surface area (Å²) in [7, 11) is 1.41. The Labute approximate surface area is 163 Å². The maximum Gasteiger partial charge on any atom is 0.311 e. The monoisotopic (exact) mass is 387 g/mol. The van der Waals surface area contributed by atoms with Crippen LogP contribution in [0.4, 0.5) is 0 Å². The Kier molecular flexibility index (Phi) is 6.50. The van der Waals surface area contributed by atoms with E-state index in [1.807, 2.05) is 42.6 Å². The van der Waals surface area contributed by atoms with Crippen molar-refractivity contribution in [2.45, 2.75) is 25.7 Å². The summed E-state index contributed by atoms with van der Waals surface area (Å²) in [6, 6.07) is 9.87. The Morgan fingerprint density at radius 2 is 1.96 bits per heavy atom. The molecule has 3 rings (SSSR count). The lowest BCUT2D eigenvalue weighted by atomic mass is 9.91. The van der Waals surface area contributed by atoms with Crippen LogP contribution >= 0.6 is 11.3 Å². The first-order valence-electron chi connectivity index (χ1n) is 9.21. The predicted octanol–water partition coefficient (Wildman–Crippen LogP) is 3.49. The lowest BCUT2D eigenvalue weighted by molar-refractivity contribution is -0.145. The first-order chi connectivity index (χ1) is 13.1. The molecule has 1 aromatic heterocycles. The summed E-state index contributed by atoms with van der Waals surface area (Å²) in [6.07, 6.45) is 1.10. The van der Waals surface area contributed by atoms with Gasteiger partial charge in [-0.05, 0) is 53.4 Å². The minimum absolute atomic E-state index is 0.0122. The van der Waals surface area contributed by atoms with E-state index in [0.717, 1.165) is 16.9 Å². The highest BCUT2D eigenvalue weighted by molar-refractivity contribution is 7.08. The molecule has 6 heteroatoms. The van der Waals surface area contributed by atoms with Crippen molar-refractivity contribution < 1.29 is 19.1 Å². The number of aryl methyl sites for hydroxylation is 1. The van der Waals surface area contributed by atoms with Crippen LogP contribution in [0.25, 0.3) is 0 Å². The highest BCUT2D eigenvalue weighted by Gasteiger charge is 2.40. The summed E-state index contributed by atoms with van der Waals surface area (Å²) < 4.78 is 10.4. The first-order valence-corrected chi connectivity index (χ1v) is 10.2. The Morgan fingerprint density at radius 3 is 2.59 bits per heavy atom. The fourth-order valence-corrected chi connectivity index (χ4v) is 4.27. The van der Waals surface area contributed by atoms with Crippen molar-refractivity contribution in [2.75, 3.05) is 26.8 Å². The number of benzene rings is 1. The van der Waals surface area contributed by atoms with Gasteiger partial charge in [-0.25, -0.2) is 0 Å². The Morgan fingerprint density at radius 1 is 1.19 bits per heavy atom. The molecule has 0 aliphatic carbocycles. The van der Waals surface area contributed by atoms with Crippen LogP contribution in [0.15, 0.2) is 41.1 Å². The number of rotatable bonds is 7. The van der Waals surface area contributed by atoms with Gasteiger partial charge in [-0.15, -0.1) is 0 Å². The summed E-state index contributed by atoms with van der Waals surface area (Å²) >= 11 is 1.60. The molecule has 2 heterocycles. The van der Waals surface area contributed by atoms with Crippen molar-refractivity contribution in [1.82, 2.24) is 4.90 Å². The van der Waals surface area contributed by atoms with Gasteiger partial charge in [-0.1, -0.05) is 12.1 Å². The summed E-state index contributed by atoms with van der Waals surface area (Å²) in [4.78, 5) is 26.7. The molecule has 5 nitrogen and oxygen atoms in total. The van der Waals surface area contributed by atoms with Gasteiger partial charge in [0.1, 0.15) is 5.75 Å². The summed E-state index contributed by atoms with van der Waals surface area (Å²) in [6.45, 7) is 3.58. The number of nitrogens with zero attached hydrogens (tertiary/aromatic N) is 1. The van der Waals surface area contributed by atoms with E-state index in [0.29, 0.717) is 32.5 Å². The van der Waals surface area contributed by atoms with E-state index >= 15 is 0 Å². The van der Waals surface area contributed by atoms with Crippen LogP contribution in [0.3, 0.4) is 0 Å². The summed E-state index contributed by atoms with van der Waals surface area (Å²) in [5.41, 5.74) is 2.21. The largest absolute Gasteiger partial charge is 0.494 e. The van der Waals surface area contributed by atoms with Crippen LogP contribution in [-0.2, 0) is 20.7 Å². The van der Waals surface area contributed by atoms with E-state index in [4.69, 9.17) is 9.47 Å². The van der Waals surface area contributed by atoms with Crippen molar-refractivity contribution in [3.05, 3.63) is 52.2 Å². The van der Waals surface area contributed by atoms with E-state index in [-0.39, 0.29) is 23.7 Å². The Bertz CT molecular complexity index is 757. The van der Waals surface area contributed by atoms with Gasteiger partial charge in [0.05, 0.1) is 19.6 Å².